The first kappa shape index (κ1) is 26.3. The van der Waals surface area contributed by atoms with Crippen LogP contribution in [0, 0.1) is 17.5 Å². The lowest BCUT2D eigenvalue weighted by Crippen LogP contribution is -2.42. The van der Waals surface area contributed by atoms with Crippen LogP contribution in [-0.4, -0.2) is 45.0 Å². The van der Waals surface area contributed by atoms with Gasteiger partial charge in [-0.3, -0.25) is 4.79 Å². The number of nitrogens with one attached hydrogen (secondary N) is 1. The van der Waals surface area contributed by atoms with Crippen molar-refractivity contribution >= 4 is 17.7 Å². The number of alkyl carbamates (subject to hydrolysis) is 1. The van der Waals surface area contributed by atoms with Gasteiger partial charge in [-0.05, 0) is 52.2 Å². The Hall–Kier alpha value is -3.32. The third-order valence-corrected chi connectivity index (χ3v) is 5.02. The zero-order chi connectivity index (χ0) is 26.3. The van der Waals surface area contributed by atoms with Crippen LogP contribution in [0.5, 0.6) is 0 Å². The van der Waals surface area contributed by atoms with Gasteiger partial charge in [0.05, 0.1) is 13.1 Å². The summed E-state index contributed by atoms with van der Waals surface area (Å²) in [5, 5.41) is 8.84. The summed E-state index contributed by atoms with van der Waals surface area (Å²) in [7, 11) is 0. The lowest BCUT2D eigenvalue weighted by atomic mass is 10.0. The van der Waals surface area contributed by atoms with Crippen LogP contribution in [0.4, 0.5) is 36.8 Å². The number of carbonyl (C=O) groups is 2. The van der Waals surface area contributed by atoms with Gasteiger partial charge in [0.1, 0.15) is 11.8 Å². The van der Waals surface area contributed by atoms with Crippen molar-refractivity contribution in [3.63, 3.8) is 0 Å². The fraction of sp³-hybridized carbons (Fsp3) is 0.524. The molecular weight excluding hydrogens is 484 g/mol. The first-order valence-corrected chi connectivity index (χ1v) is 10.5. The molecule has 1 amide bonds. The molecule has 0 aliphatic carbocycles. The maximum Gasteiger partial charge on any atom is 0.452 e. The van der Waals surface area contributed by atoms with Crippen molar-refractivity contribution in [3.8, 4) is 0 Å². The van der Waals surface area contributed by atoms with Crippen LogP contribution in [0.1, 0.15) is 56.1 Å². The Kier molecular flexibility index (Phi) is 7.04. The number of fused-ring (bicyclic) bond motifs is 1. The van der Waals surface area contributed by atoms with Crippen LogP contribution in [-0.2, 0) is 23.9 Å². The number of rotatable bonds is 5. The van der Waals surface area contributed by atoms with Gasteiger partial charge in [0.25, 0.3) is 5.91 Å². The van der Waals surface area contributed by atoms with E-state index in [-0.39, 0.29) is 23.0 Å². The minimum absolute atomic E-state index is 0.0567. The maximum atomic E-state index is 15.2. The Morgan fingerprint density at radius 1 is 1.14 bits per heavy atom. The Labute approximate surface area is 196 Å². The van der Waals surface area contributed by atoms with E-state index in [4.69, 9.17) is 4.74 Å². The van der Waals surface area contributed by atoms with E-state index in [1.807, 2.05) is 0 Å². The number of ether oxygens (including phenoxy) is 1. The van der Waals surface area contributed by atoms with E-state index in [9.17, 15) is 31.5 Å². The molecular formula is C21H23F6N5O3. The van der Waals surface area contributed by atoms with Gasteiger partial charge in [-0.25, -0.2) is 22.5 Å². The zero-order valence-electron chi connectivity index (χ0n) is 19.3. The summed E-state index contributed by atoms with van der Waals surface area (Å²) in [6, 6.07) is 0.645. The van der Waals surface area contributed by atoms with Crippen LogP contribution >= 0.6 is 0 Å². The van der Waals surface area contributed by atoms with E-state index in [1.165, 1.54) is 6.92 Å². The zero-order valence-corrected chi connectivity index (χ0v) is 19.3. The lowest BCUT2D eigenvalue weighted by Gasteiger charge is -2.29. The van der Waals surface area contributed by atoms with E-state index >= 15 is 4.39 Å². The van der Waals surface area contributed by atoms with E-state index in [2.05, 4.69) is 15.5 Å². The monoisotopic (exact) mass is 507 g/mol. The standard InChI is InChI=1S/C21H23F6N5O3/c1-10(35-19(34)28-20(2,3)4)5-6-11-7-12(22)16(24)17(15(11)23)31-8-13-29-30-18(21(25,26)27)32(13)14(33)9-31/h7,10H,5-6,8-9H2,1-4H3,(H,28,34)/t10-/m1/s1. The number of benzene rings is 1. The molecule has 1 aromatic heterocycles. The van der Waals surface area contributed by atoms with Crippen molar-refractivity contribution in [1.29, 1.82) is 0 Å². The number of hydrogen-bond acceptors (Lipinski definition) is 6. The summed E-state index contributed by atoms with van der Waals surface area (Å²) < 4.78 is 88.7. The van der Waals surface area contributed by atoms with E-state index in [1.54, 1.807) is 20.8 Å². The highest BCUT2D eigenvalue weighted by Gasteiger charge is 2.42. The third kappa shape index (κ3) is 5.85. The molecule has 1 N–H and O–H groups in total. The Bertz CT molecular complexity index is 1140. The fourth-order valence-corrected chi connectivity index (χ4v) is 3.52. The molecule has 1 aliphatic rings. The number of amides is 1. The summed E-state index contributed by atoms with van der Waals surface area (Å²) >= 11 is 0. The molecule has 0 unspecified atom stereocenters. The SMILES string of the molecule is C[C@H](CCc1cc(F)c(F)c(N2CC(=O)n3c(nnc3C(F)(F)F)C2)c1F)OC(=O)NC(C)(C)C. The van der Waals surface area contributed by atoms with Crippen molar-refractivity contribution in [2.75, 3.05) is 11.4 Å². The predicted molar refractivity (Wildman–Crippen MR) is 110 cm³/mol. The molecule has 192 valence electrons. The van der Waals surface area contributed by atoms with Gasteiger partial charge in [-0.1, -0.05) is 0 Å². The van der Waals surface area contributed by atoms with Crippen LogP contribution in [0.25, 0.3) is 0 Å². The fourth-order valence-electron chi connectivity index (χ4n) is 3.52. The average molecular weight is 507 g/mol. The first-order valence-electron chi connectivity index (χ1n) is 10.5. The molecule has 2 heterocycles. The van der Waals surface area contributed by atoms with Gasteiger partial charge in [-0.2, -0.15) is 13.2 Å². The molecule has 0 fully saturated rings. The quantitative estimate of drug-likeness (QED) is 0.482. The number of nitrogens with zero attached hydrogens (tertiary/aromatic N) is 4. The number of anilines is 1. The number of aromatic nitrogens is 3. The van der Waals surface area contributed by atoms with Gasteiger partial charge in [0.15, 0.2) is 23.3 Å². The van der Waals surface area contributed by atoms with Crippen LogP contribution in [0.15, 0.2) is 6.07 Å². The molecule has 0 spiro atoms. The highest BCUT2D eigenvalue weighted by molar-refractivity contribution is 5.86. The molecule has 0 saturated carbocycles. The average Bonchev–Trinajstić information content (AvgIpc) is 3.13. The van der Waals surface area contributed by atoms with E-state index in [0.29, 0.717) is 6.07 Å². The number of carbonyl (C=O) groups excluding carboxylic acids is 2. The summed E-state index contributed by atoms with van der Waals surface area (Å²) in [6.07, 6.45) is -6.47. The Morgan fingerprint density at radius 3 is 2.40 bits per heavy atom. The van der Waals surface area contributed by atoms with Crippen LogP contribution < -0.4 is 10.2 Å². The molecule has 8 nitrogen and oxygen atoms in total. The Morgan fingerprint density at radius 2 is 1.80 bits per heavy atom. The molecule has 3 rings (SSSR count). The molecule has 0 saturated heterocycles. The van der Waals surface area contributed by atoms with Gasteiger partial charge in [0.2, 0.25) is 5.82 Å². The Balaban J connectivity index is 1.81. The molecule has 1 atom stereocenters. The van der Waals surface area contributed by atoms with E-state index in [0.717, 1.165) is 4.90 Å². The van der Waals surface area contributed by atoms with Crippen molar-refractivity contribution in [3.05, 3.63) is 40.7 Å². The van der Waals surface area contributed by atoms with Gasteiger partial charge < -0.3 is 15.0 Å². The number of alkyl halides is 3. The van der Waals surface area contributed by atoms with Crippen molar-refractivity contribution < 1.29 is 40.7 Å². The minimum atomic E-state index is -4.96. The van der Waals surface area contributed by atoms with Gasteiger partial charge in [-0.15, -0.1) is 10.2 Å². The summed E-state index contributed by atoms with van der Waals surface area (Å²) in [4.78, 5) is 25.0. The second-order valence-corrected chi connectivity index (χ2v) is 9.15. The van der Waals surface area contributed by atoms with Crippen LogP contribution in [0.3, 0.4) is 0 Å². The smallest absolute Gasteiger partial charge is 0.447 e. The normalized spacial score (nSPS) is 15.1. The minimum Gasteiger partial charge on any atom is -0.447 e. The summed E-state index contributed by atoms with van der Waals surface area (Å²) in [5.41, 5.74) is -1.72. The summed E-state index contributed by atoms with van der Waals surface area (Å²) in [5.74, 6) is -7.43. The second-order valence-electron chi connectivity index (χ2n) is 9.15. The molecule has 1 aromatic carbocycles. The first-order chi connectivity index (χ1) is 16.1. The maximum absolute atomic E-state index is 15.2. The molecule has 1 aliphatic heterocycles. The molecule has 14 heteroatoms. The van der Waals surface area contributed by atoms with Gasteiger partial charge in [0, 0.05) is 5.54 Å². The predicted octanol–water partition coefficient (Wildman–Crippen LogP) is 4.22. The van der Waals surface area contributed by atoms with Gasteiger partial charge >= 0.3 is 12.3 Å². The van der Waals surface area contributed by atoms with Crippen molar-refractivity contribution in [2.45, 2.75) is 64.9 Å². The number of halogens is 6. The highest BCUT2D eigenvalue weighted by Crippen LogP contribution is 2.34. The molecule has 0 bridgehead atoms. The van der Waals surface area contributed by atoms with Crippen molar-refractivity contribution in [2.24, 2.45) is 0 Å². The summed E-state index contributed by atoms with van der Waals surface area (Å²) in [6.45, 7) is 5.29. The largest absolute Gasteiger partial charge is 0.452 e. The lowest BCUT2D eigenvalue weighted by molar-refractivity contribution is -0.146. The second kappa shape index (κ2) is 9.38. The van der Waals surface area contributed by atoms with E-state index < -0.39 is 77.7 Å². The highest BCUT2D eigenvalue weighted by atomic mass is 19.4. The topological polar surface area (TPSA) is 89.3 Å². The van der Waals surface area contributed by atoms with Crippen molar-refractivity contribution in [1.82, 2.24) is 20.1 Å². The molecule has 2 aromatic rings. The third-order valence-electron chi connectivity index (χ3n) is 5.02. The number of aryl methyl sites for hydroxylation is 1. The molecule has 0 radical (unpaired) electrons. The number of hydrogen-bond donors (Lipinski definition) is 1. The molecule has 35 heavy (non-hydrogen) atoms. The van der Waals surface area contributed by atoms with Crippen LogP contribution in [0.2, 0.25) is 0 Å².